The zero-order valence-corrected chi connectivity index (χ0v) is 11.0. The molecule has 21 heavy (non-hydrogen) atoms. The molecule has 2 aromatic heterocycles. The molecule has 3 rings (SSSR count). The third-order valence-electron chi connectivity index (χ3n) is 2.98. The second-order valence-corrected chi connectivity index (χ2v) is 4.60. The zero-order valence-electron chi connectivity index (χ0n) is 11.0. The maximum Gasteiger partial charge on any atom is 0.341 e. The smallest absolute Gasteiger partial charge is 0.322 e. The van der Waals surface area contributed by atoms with E-state index in [4.69, 9.17) is 5.73 Å². The van der Waals surface area contributed by atoms with Crippen molar-refractivity contribution in [2.24, 2.45) is 5.73 Å². The molecule has 1 unspecified atom stereocenters. The van der Waals surface area contributed by atoms with Crippen LogP contribution in [-0.2, 0) is 0 Å². The van der Waals surface area contributed by atoms with Crippen LogP contribution in [0.4, 0.5) is 8.78 Å². The van der Waals surface area contributed by atoms with E-state index in [0.29, 0.717) is 0 Å². The minimum atomic E-state index is -0.793. The Morgan fingerprint density at radius 3 is 2.52 bits per heavy atom. The van der Waals surface area contributed by atoms with E-state index in [-0.39, 0.29) is 17.3 Å². The molecule has 2 N–H and O–H groups in total. The number of benzene rings is 1. The van der Waals surface area contributed by atoms with Gasteiger partial charge in [-0.15, -0.1) is 0 Å². The van der Waals surface area contributed by atoms with Crippen LogP contribution in [-0.4, -0.2) is 18.9 Å². The molecule has 0 spiro atoms. The third-order valence-corrected chi connectivity index (χ3v) is 2.98. The molecule has 0 saturated heterocycles. The molecule has 0 amide bonds. The Morgan fingerprint density at radius 1 is 1.24 bits per heavy atom. The molecule has 0 aliphatic rings. The van der Waals surface area contributed by atoms with Crippen LogP contribution in [0, 0.1) is 11.6 Å². The molecule has 0 saturated carbocycles. The highest BCUT2D eigenvalue weighted by Gasteiger charge is 2.17. The van der Waals surface area contributed by atoms with Gasteiger partial charge in [0.2, 0.25) is 5.78 Å². The van der Waals surface area contributed by atoms with Crippen molar-refractivity contribution in [3.05, 3.63) is 58.5 Å². The highest BCUT2D eigenvalue weighted by atomic mass is 19.1. The maximum absolute atomic E-state index is 13.4. The fraction of sp³-hybridized carbons (Fsp3) is 0.154. The Balaban J connectivity index is 2.41. The van der Waals surface area contributed by atoms with Crippen molar-refractivity contribution in [2.75, 3.05) is 0 Å². The van der Waals surface area contributed by atoms with Gasteiger partial charge in [-0.1, -0.05) is 0 Å². The number of aromatic nitrogens is 4. The summed E-state index contributed by atoms with van der Waals surface area (Å²) in [5, 5.41) is 0. The molecule has 0 radical (unpaired) electrons. The number of fused-ring (bicyclic) bond motifs is 1. The Hall–Kier alpha value is -2.61. The molecule has 2 heterocycles. The summed E-state index contributed by atoms with van der Waals surface area (Å²) in [7, 11) is 0. The number of nitrogens with zero attached hydrogens (tertiary/aromatic N) is 4. The largest absolute Gasteiger partial charge is 0.341 e. The summed E-state index contributed by atoms with van der Waals surface area (Å²) >= 11 is 0. The monoisotopic (exact) mass is 291 g/mol. The van der Waals surface area contributed by atoms with Crippen molar-refractivity contribution >= 4 is 5.78 Å². The molecular formula is C13H11F2N5O. The molecule has 1 aromatic carbocycles. The van der Waals surface area contributed by atoms with Gasteiger partial charge in [-0.05, 0) is 19.1 Å². The molecule has 8 heteroatoms. The summed E-state index contributed by atoms with van der Waals surface area (Å²) in [5.74, 6) is -1.24. The number of hydrogen-bond donors (Lipinski definition) is 1. The lowest BCUT2D eigenvalue weighted by Gasteiger charge is -2.14. The SMILES string of the molecule is CC(N)c1nc2nccn2c(=O)n1-c1cc(F)cc(F)c1. The lowest BCUT2D eigenvalue weighted by atomic mass is 10.2. The van der Waals surface area contributed by atoms with Crippen molar-refractivity contribution in [2.45, 2.75) is 13.0 Å². The molecule has 108 valence electrons. The quantitative estimate of drug-likeness (QED) is 0.769. The van der Waals surface area contributed by atoms with Crippen molar-refractivity contribution in [1.82, 2.24) is 18.9 Å². The van der Waals surface area contributed by atoms with E-state index in [0.717, 1.165) is 22.8 Å². The zero-order chi connectivity index (χ0) is 15.1. The van der Waals surface area contributed by atoms with Gasteiger partial charge in [0.05, 0.1) is 11.7 Å². The van der Waals surface area contributed by atoms with Gasteiger partial charge in [0.25, 0.3) is 0 Å². The first-order chi connectivity index (χ1) is 9.97. The van der Waals surface area contributed by atoms with Crippen LogP contribution in [0.3, 0.4) is 0 Å². The average Bonchev–Trinajstić information content (AvgIpc) is 2.85. The molecule has 0 aliphatic heterocycles. The average molecular weight is 291 g/mol. The highest BCUT2D eigenvalue weighted by molar-refractivity contribution is 5.37. The molecule has 6 nitrogen and oxygen atoms in total. The number of imidazole rings is 1. The summed E-state index contributed by atoms with van der Waals surface area (Å²) in [5.41, 5.74) is 5.28. The number of rotatable bonds is 2. The standard InChI is InChI=1S/C13H11F2N5O/c1-7(16)11-18-12-17-2-3-19(12)13(21)20(11)10-5-8(14)4-9(15)6-10/h2-7H,16H2,1H3. The third kappa shape index (κ3) is 2.19. The maximum atomic E-state index is 13.4. The van der Waals surface area contributed by atoms with Crippen LogP contribution < -0.4 is 11.4 Å². The Bertz CT molecular complexity index is 864. The van der Waals surface area contributed by atoms with E-state index >= 15 is 0 Å². The van der Waals surface area contributed by atoms with Crippen molar-refractivity contribution < 1.29 is 8.78 Å². The summed E-state index contributed by atoms with van der Waals surface area (Å²) in [4.78, 5) is 20.6. The van der Waals surface area contributed by atoms with E-state index in [2.05, 4.69) is 9.97 Å². The second-order valence-electron chi connectivity index (χ2n) is 4.60. The lowest BCUT2D eigenvalue weighted by Crippen LogP contribution is -2.31. The summed E-state index contributed by atoms with van der Waals surface area (Å²) in [6, 6.07) is 2.19. The first-order valence-corrected chi connectivity index (χ1v) is 6.15. The molecular weight excluding hydrogens is 280 g/mol. The Kier molecular flexibility index (Phi) is 3.02. The van der Waals surface area contributed by atoms with Crippen LogP contribution in [0.15, 0.2) is 35.4 Å². The van der Waals surface area contributed by atoms with Crippen LogP contribution >= 0.6 is 0 Å². The van der Waals surface area contributed by atoms with Gasteiger partial charge < -0.3 is 5.73 Å². The van der Waals surface area contributed by atoms with E-state index in [1.807, 2.05) is 0 Å². The van der Waals surface area contributed by atoms with Gasteiger partial charge in [0.15, 0.2) is 0 Å². The van der Waals surface area contributed by atoms with E-state index in [9.17, 15) is 13.6 Å². The first kappa shape index (κ1) is 13.4. The normalized spacial score (nSPS) is 12.8. The summed E-state index contributed by atoms with van der Waals surface area (Å²) in [6.07, 6.45) is 2.83. The molecule has 0 bridgehead atoms. The van der Waals surface area contributed by atoms with E-state index < -0.39 is 23.4 Å². The first-order valence-electron chi connectivity index (χ1n) is 6.15. The second kappa shape index (κ2) is 4.74. The van der Waals surface area contributed by atoms with Gasteiger partial charge in [-0.2, -0.15) is 4.98 Å². The minimum Gasteiger partial charge on any atom is -0.322 e. The van der Waals surface area contributed by atoms with E-state index in [1.165, 1.54) is 16.8 Å². The van der Waals surface area contributed by atoms with Gasteiger partial charge in [-0.25, -0.2) is 27.5 Å². The minimum absolute atomic E-state index is 0.0212. The predicted molar refractivity (Wildman–Crippen MR) is 71.1 cm³/mol. The number of halogens is 2. The van der Waals surface area contributed by atoms with Crippen LogP contribution in [0.2, 0.25) is 0 Å². The molecule has 3 aromatic rings. The fourth-order valence-electron chi connectivity index (χ4n) is 2.10. The molecule has 1 atom stereocenters. The van der Waals surface area contributed by atoms with E-state index in [1.54, 1.807) is 6.92 Å². The van der Waals surface area contributed by atoms with Gasteiger partial charge in [0.1, 0.15) is 17.5 Å². The predicted octanol–water partition coefficient (Wildman–Crippen LogP) is 1.18. The summed E-state index contributed by atoms with van der Waals surface area (Å²) < 4.78 is 29.1. The fourth-order valence-corrected chi connectivity index (χ4v) is 2.10. The van der Waals surface area contributed by atoms with Crippen molar-refractivity contribution in [1.29, 1.82) is 0 Å². The number of hydrogen-bond acceptors (Lipinski definition) is 4. The van der Waals surface area contributed by atoms with Crippen molar-refractivity contribution in [3.63, 3.8) is 0 Å². The van der Waals surface area contributed by atoms with Crippen LogP contribution in [0.1, 0.15) is 18.8 Å². The Labute approximate surface area is 117 Å². The van der Waals surface area contributed by atoms with Gasteiger partial charge in [-0.3, -0.25) is 0 Å². The lowest BCUT2D eigenvalue weighted by molar-refractivity contribution is 0.577. The van der Waals surface area contributed by atoms with Gasteiger partial charge >= 0.3 is 5.69 Å². The topological polar surface area (TPSA) is 78.2 Å². The Morgan fingerprint density at radius 2 is 1.90 bits per heavy atom. The van der Waals surface area contributed by atoms with Crippen LogP contribution in [0.25, 0.3) is 11.5 Å². The van der Waals surface area contributed by atoms with Gasteiger partial charge in [0, 0.05) is 18.5 Å². The highest BCUT2D eigenvalue weighted by Crippen LogP contribution is 2.15. The van der Waals surface area contributed by atoms with Crippen LogP contribution in [0.5, 0.6) is 0 Å². The molecule has 0 aliphatic carbocycles. The number of nitrogens with two attached hydrogens (primary N) is 1. The van der Waals surface area contributed by atoms with Crippen molar-refractivity contribution in [3.8, 4) is 5.69 Å². The summed E-state index contributed by atoms with van der Waals surface area (Å²) in [6.45, 7) is 1.62. The molecule has 0 fully saturated rings.